The molecule has 0 unspecified atom stereocenters. The molecular formula is C28H30FNO4. The number of carbonyl (C=O) groups excluding carboxylic acids is 2. The standard InChI is InChI=1S/C28H30FNO4/c1-16(31)34-24-13-28(3)22(19-12-20(29)15-30-14-19)9-10-27(28,2)23-8-6-17-11-18(26(32)33-4)5-7-21(17)25(23)24/h5,7,9,11-12,14-15,23-25H,6,8,10,13H2,1-4H3/t23-,24-,25-,27+,28-/m1/s1. The highest BCUT2D eigenvalue weighted by Gasteiger charge is 2.63. The van der Waals surface area contributed by atoms with Gasteiger partial charge in [-0.3, -0.25) is 9.78 Å². The summed E-state index contributed by atoms with van der Waals surface area (Å²) in [4.78, 5) is 28.4. The van der Waals surface area contributed by atoms with Gasteiger partial charge in [0.05, 0.1) is 18.9 Å². The first kappa shape index (κ1) is 22.8. The van der Waals surface area contributed by atoms with E-state index in [9.17, 15) is 14.0 Å². The molecule has 0 radical (unpaired) electrons. The van der Waals surface area contributed by atoms with Gasteiger partial charge in [0.25, 0.3) is 0 Å². The molecule has 178 valence electrons. The zero-order valence-electron chi connectivity index (χ0n) is 20.1. The Bertz CT molecular complexity index is 1210. The molecule has 0 N–H and O–H groups in total. The van der Waals surface area contributed by atoms with Crippen molar-refractivity contribution in [1.82, 2.24) is 4.98 Å². The third kappa shape index (κ3) is 3.29. The average Bonchev–Trinajstić information content (AvgIpc) is 3.08. The minimum absolute atomic E-state index is 0.0378. The molecule has 1 heterocycles. The number of aromatic nitrogens is 1. The van der Waals surface area contributed by atoms with E-state index in [0.717, 1.165) is 41.5 Å². The number of methoxy groups -OCH3 is 1. The number of benzene rings is 1. The van der Waals surface area contributed by atoms with Crippen LogP contribution in [0.4, 0.5) is 4.39 Å². The summed E-state index contributed by atoms with van der Waals surface area (Å²) in [5.74, 6) is -0.699. The highest BCUT2D eigenvalue weighted by Crippen LogP contribution is 2.70. The summed E-state index contributed by atoms with van der Waals surface area (Å²) in [6.07, 6.45) is 8.16. The van der Waals surface area contributed by atoms with Gasteiger partial charge in [-0.2, -0.15) is 0 Å². The molecule has 5 rings (SSSR count). The van der Waals surface area contributed by atoms with Gasteiger partial charge in [-0.15, -0.1) is 0 Å². The maximum Gasteiger partial charge on any atom is 0.337 e. The number of nitrogens with zero attached hydrogens (tertiary/aromatic N) is 1. The molecule has 1 fully saturated rings. The highest BCUT2D eigenvalue weighted by atomic mass is 19.1. The summed E-state index contributed by atoms with van der Waals surface area (Å²) < 4.78 is 25.0. The summed E-state index contributed by atoms with van der Waals surface area (Å²) >= 11 is 0. The van der Waals surface area contributed by atoms with Gasteiger partial charge < -0.3 is 9.47 Å². The fourth-order valence-corrected chi connectivity index (χ4v) is 7.10. The van der Waals surface area contributed by atoms with Crippen LogP contribution in [0.25, 0.3) is 5.57 Å². The van der Waals surface area contributed by atoms with Crippen molar-refractivity contribution in [3.05, 3.63) is 70.8 Å². The molecule has 5 nitrogen and oxygen atoms in total. The van der Waals surface area contributed by atoms with Crippen molar-refractivity contribution in [3.63, 3.8) is 0 Å². The Morgan fingerprint density at radius 2 is 1.97 bits per heavy atom. The number of hydrogen-bond acceptors (Lipinski definition) is 5. The molecule has 34 heavy (non-hydrogen) atoms. The number of rotatable bonds is 3. The molecular weight excluding hydrogens is 433 g/mol. The lowest BCUT2D eigenvalue weighted by Gasteiger charge is -2.59. The molecule has 0 saturated heterocycles. The Morgan fingerprint density at radius 1 is 1.18 bits per heavy atom. The van der Waals surface area contributed by atoms with Crippen LogP contribution in [0.1, 0.15) is 73.0 Å². The Labute approximate surface area is 199 Å². The molecule has 6 heteroatoms. The van der Waals surface area contributed by atoms with E-state index in [-0.39, 0.29) is 46.5 Å². The number of pyridine rings is 1. The van der Waals surface area contributed by atoms with E-state index >= 15 is 0 Å². The highest BCUT2D eigenvalue weighted by molar-refractivity contribution is 5.89. The summed E-state index contributed by atoms with van der Waals surface area (Å²) in [6, 6.07) is 7.30. The van der Waals surface area contributed by atoms with Gasteiger partial charge in [0.2, 0.25) is 0 Å². The SMILES string of the molecule is COC(=O)c1ccc2c(c1)CC[C@@H]1[C@@H]2[C@H](OC(C)=O)C[C@]2(C)C(c3cncc(F)c3)=CC[C@@]12C. The molecule has 5 atom stereocenters. The number of hydrogen-bond donors (Lipinski definition) is 0. The van der Waals surface area contributed by atoms with Crippen LogP contribution in [0.5, 0.6) is 0 Å². The number of ether oxygens (including phenoxy) is 2. The quantitative estimate of drug-likeness (QED) is 0.563. The van der Waals surface area contributed by atoms with Crippen molar-refractivity contribution in [3.8, 4) is 0 Å². The lowest BCUT2D eigenvalue weighted by Crippen LogP contribution is -2.54. The number of esters is 2. The van der Waals surface area contributed by atoms with E-state index in [1.807, 2.05) is 18.2 Å². The Kier molecular flexibility index (Phi) is 5.38. The molecule has 0 amide bonds. The van der Waals surface area contributed by atoms with Gasteiger partial charge in [-0.1, -0.05) is 26.0 Å². The van der Waals surface area contributed by atoms with Gasteiger partial charge in [0, 0.05) is 24.5 Å². The molecule has 1 aromatic heterocycles. The second-order valence-electron chi connectivity index (χ2n) is 10.4. The van der Waals surface area contributed by atoms with Gasteiger partial charge in [-0.25, -0.2) is 9.18 Å². The maximum atomic E-state index is 14.1. The molecule has 3 aliphatic carbocycles. The maximum absolute atomic E-state index is 14.1. The van der Waals surface area contributed by atoms with Crippen molar-refractivity contribution in [2.45, 2.75) is 58.5 Å². The first-order valence-corrected chi connectivity index (χ1v) is 11.9. The van der Waals surface area contributed by atoms with E-state index < -0.39 is 0 Å². The third-order valence-corrected chi connectivity index (χ3v) is 8.83. The number of allylic oxidation sites excluding steroid dienone is 2. The fraction of sp³-hybridized carbons (Fsp3) is 0.464. The Hall–Kier alpha value is -3.02. The monoisotopic (exact) mass is 463 g/mol. The summed E-state index contributed by atoms with van der Waals surface area (Å²) in [5, 5.41) is 0. The first-order valence-electron chi connectivity index (χ1n) is 11.9. The summed E-state index contributed by atoms with van der Waals surface area (Å²) in [6.45, 7) is 6.02. The van der Waals surface area contributed by atoms with Crippen molar-refractivity contribution in [2.24, 2.45) is 16.7 Å². The van der Waals surface area contributed by atoms with E-state index in [4.69, 9.17) is 9.47 Å². The smallest absolute Gasteiger partial charge is 0.337 e. The van der Waals surface area contributed by atoms with Crippen LogP contribution in [0.3, 0.4) is 0 Å². The van der Waals surface area contributed by atoms with Crippen molar-refractivity contribution < 1.29 is 23.5 Å². The zero-order chi connectivity index (χ0) is 24.3. The molecule has 2 aromatic rings. The minimum atomic E-state index is -0.353. The van der Waals surface area contributed by atoms with Crippen molar-refractivity contribution >= 4 is 17.5 Å². The van der Waals surface area contributed by atoms with Gasteiger partial charge in [0.1, 0.15) is 11.9 Å². The molecule has 1 saturated carbocycles. The largest absolute Gasteiger partial charge is 0.465 e. The Balaban J connectivity index is 1.59. The van der Waals surface area contributed by atoms with Gasteiger partial charge in [0.15, 0.2) is 0 Å². The summed E-state index contributed by atoms with van der Waals surface area (Å²) in [7, 11) is 1.39. The lowest BCUT2D eigenvalue weighted by atomic mass is 9.46. The lowest BCUT2D eigenvalue weighted by molar-refractivity contribution is -0.159. The second kappa shape index (κ2) is 8.03. The number of fused-ring (bicyclic) bond motifs is 5. The van der Waals surface area contributed by atoms with Gasteiger partial charge >= 0.3 is 11.9 Å². The van der Waals surface area contributed by atoms with E-state index in [2.05, 4.69) is 24.9 Å². The van der Waals surface area contributed by atoms with Crippen LogP contribution >= 0.6 is 0 Å². The van der Waals surface area contributed by atoms with Crippen LogP contribution in [0.2, 0.25) is 0 Å². The zero-order valence-corrected chi connectivity index (χ0v) is 20.1. The van der Waals surface area contributed by atoms with E-state index in [0.29, 0.717) is 12.0 Å². The van der Waals surface area contributed by atoms with Crippen molar-refractivity contribution in [2.75, 3.05) is 7.11 Å². The first-order chi connectivity index (χ1) is 16.2. The predicted octanol–water partition coefficient (Wildman–Crippen LogP) is 5.49. The average molecular weight is 464 g/mol. The molecule has 0 aliphatic heterocycles. The normalized spacial score (nSPS) is 31.6. The predicted molar refractivity (Wildman–Crippen MR) is 126 cm³/mol. The van der Waals surface area contributed by atoms with Crippen LogP contribution in [-0.2, 0) is 20.7 Å². The molecule has 1 aromatic carbocycles. The number of aryl methyl sites for hydroxylation is 1. The van der Waals surface area contributed by atoms with Gasteiger partial charge in [-0.05, 0) is 77.5 Å². The number of halogens is 1. The van der Waals surface area contributed by atoms with Crippen LogP contribution in [0, 0.1) is 22.6 Å². The minimum Gasteiger partial charge on any atom is -0.465 e. The van der Waals surface area contributed by atoms with Crippen LogP contribution in [0.15, 0.2) is 42.7 Å². The summed E-state index contributed by atoms with van der Waals surface area (Å²) in [5.41, 5.74) is 4.31. The second-order valence-corrected chi connectivity index (χ2v) is 10.4. The van der Waals surface area contributed by atoms with Crippen molar-refractivity contribution in [1.29, 1.82) is 0 Å². The number of carbonyl (C=O) groups is 2. The topological polar surface area (TPSA) is 65.5 Å². The fourth-order valence-electron chi connectivity index (χ4n) is 7.10. The Morgan fingerprint density at radius 3 is 2.68 bits per heavy atom. The third-order valence-electron chi connectivity index (χ3n) is 8.83. The van der Waals surface area contributed by atoms with Crippen LogP contribution in [-0.4, -0.2) is 30.1 Å². The molecule has 3 aliphatic rings. The molecule has 0 spiro atoms. The van der Waals surface area contributed by atoms with Crippen LogP contribution < -0.4 is 0 Å². The van der Waals surface area contributed by atoms with E-state index in [1.54, 1.807) is 12.3 Å². The van der Waals surface area contributed by atoms with E-state index in [1.165, 1.54) is 20.2 Å². The molecule has 0 bridgehead atoms.